The van der Waals surface area contributed by atoms with E-state index in [2.05, 4.69) is 21.2 Å². The summed E-state index contributed by atoms with van der Waals surface area (Å²) in [6, 6.07) is 0. The number of hydrogen-bond donors (Lipinski definition) is 1. The van der Waals surface area contributed by atoms with Crippen LogP contribution in [0.1, 0.15) is 0 Å². The van der Waals surface area contributed by atoms with E-state index in [1.165, 1.54) is 12.2 Å². The van der Waals surface area contributed by atoms with Crippen molar-refractivity contribution in [1.82, 2.24) is 9.55 Å². The van der Waals surface area contributed by atoms with E-state index in [0.717, 1.165) is 10.8 Å². The molecule has 1 rings (SSSR count). The summed E-state index contributed by atoms with van der Waals surface area (Å²) in [5.74, 6) is 0. The second-order valence-electron chi connectivity index (χ2n) is 3.98. The highest BCUT2D eigenvalue weighted by molar-refractivity contribution is 7.66. The molecule has 1 N–H and O–H groups in total. The molecule has 126 valence electrons. The molecule has 23 heavy (non-hydrogen) atoms. The van der Waals surface area contributed by atoms with Gasteiger partial charge in [0.1, 0.15) is 5.02 Å². The summed E-state index contributed by atoms with van der Waals surface area (Å²) in [4.78, 5) is 24.6. The fourth-order valence-corrected chi connectivity index (χ4v) is 5.08. The summed E-state index contributed by atoms with van der Waals surface area (Å²) in [6.45, 7) is 0.00234. The van der Waals surface area contributed by atoms with Crippen LogP contribution >= 0.6 is 34.5 Å². The van der Waals surface area contributed by atoms with Gasteiger partial charge in [-0.2, -0.15) is 0 Å². The molecule has 0 bridgehead atoms. The molecule has 2 atom stereocenters. The van der Waals surface area contributed by atoms with Crippen molar-refractivity contribution in [1.29, 1.82) is 0 Å². The van der Waals surface area contributed by atoms with E-state index in [0.29, 0.717) is 0 Å². The SMILES string of the molecule is C=P(=O)OP(=O)(C/C=C\Cn1cc(Cl)c(=O)[nH]c1=O)OP(=C)=O. The van der Waals surface area contributed by atoms with E-state index >= 15 is 0 Å². The molecule has 1 aromatic heterocycles. The zero-order chi connectivity index (χ0) is 17.6. The fourth-order valence-electron chi connectivity index (χ4n) is 1.37. The number of H-pyrrole nitrogens is 1. The average Bonchev–Trinajstić information content (AvgIpc) is 2.38. The maximum atomic E-state index is 12.1. The van der Waals surface area contributed by atoms with E-state index in [-0.39, 0.29) is 17.7 Å². The lowest BCUT2D eigenvalue weighted by Crippen LogP contribution is -2.29. The fraction of sp³-hybridized carbons (Fsp3) is 0.200. The van der Waals surface area contributed by atoms with E-state index in [4.69, 9.17) is 11.6 Å². The van der Waals surface area contributed by atoms with Crippen LogP contribution in [-0.2, 0) is 28.9 Å². The first kappa shape index (κ1) is 19.8. The molecular formula is C10H12ClN2O7P3. The van der Waals surface area contributed by atoms with Gasteiger partial charge < -0.3 is 0 Å². The van der Waals surface area contributed by atoms with Gasteiger partial charge in [-0.25, -0.2) is 13.4 Å². The molecule has 0 fully saturated rings. The highest BCUT2D eigenvalue weighted by Crippen LogP contribution is 2.56. The van der Waals surface area contributed by atoms with Crippen LogP contribution in [0.2, 0.25) is 5.02 Å². The number of rotatable bonds is 8. The van der Waals surface area contributed by atoms with Crippen LogP contribution in [0.5, 0.6) is 0 Å². The van der Waals surface area contributed by atoms with Gasteiger partial charge in [-0.1, -0.05) is 23.8 Å². The lowest BCUT2D eigenvalue weighted by molar-refractivity contribution is 0.404. The Labute approximate surface area is 136 Å². The van der Waals surface area contributed by atoms with Crippen molar-refractivity contribution in [2.75, 3.05) is 6.16 Å². The first-order chi connectivity index (χ1) is 10.6. The molecule has 2 unspecified atom stereocenters. The van der Waals surface area contributed by atoms with Crippen LogP contribution in [0.3, 0.4) is 0 Å². The highest BCUT2D eigenvalue weighted by atomic mass is 35.5. The predicted octanol–water partition coefficient (Wildman–Crippen LogP) is 2.32. The van der Waals surface area contributed by atoms with Crippen molar-refractivity contribution in [2.45, 2.75) is 6.54 Å². The number of nitrogens with one attached hydrogen (secondary N) is 1. The van der Waals surface area contributed by atoms with Crippen LogP contribution in [-0.4, -0.2) is 28.3 Å². The molecule has 13 heteroatoms. The van der Waals surface area contributed by atoms with Gasteiger partial charge in [-0.15, -0.1) is 0 Å². The molecule has 0 aromatic carbocycles. The van der Waals surface area contributed by atoms with Gasteiger partial charge >= 0.3 is 13.3 Å². The van der Waals surface area contributed by atoms with Crippen molar-refractivity contribution < 1.29 is 22.3 Å². The summed E-state index contributed by atoms with van der Waals surface area (Å²) in [5, 5.41) is -0.168. The monoisotopic (exact) mass is 400 g/mol. The number of aromatic amines is 1. The molecule has 0 amide bonds. The van der Waals surface area contributed by atoms with E-state index in [1.54, 1.807) is 0 Å². The summed E-state index contributed by atoms with van der Waals surface area (Å²) in [6.07, 6.45) is 9.57. The maximum absolute atomic E-state index is 12.1. The van der Waals surface area contributed by atoms with Gasteiger partial charge in [0.05, 0.1) is 6.16 Å². The van der Waals surface area contributed by atoms with Gasteiger partial charge in [-0.3, -0.25) is 28.0 Å². The van der Waals surface area contributed by atoms with E-state index < -0.39 is 34.1 Å². The molecule has 0 aliphatic rings. The third-order valence-corrected chi connectivity index (χ3v) is 6.57. The summed E-state index contributed by atoms with van der Waals surface area (Å²) in [7, 11) is -8.91. The summed E-state index contributed by atoms with van der Waals surface area (Å²) in [5.41, 5.74) is -1.39. The van der Waals surface area contributed by atoms with Gasteiger partial charge in [0, 0.05) is 12.7 Å². The van der Waals surface area contributed by atoms with Crippen LogP contribution in [0, 0.1) is 0 Å². The zero-order valence-corrected chi connectivity index (χ0v) is 15.0. The van der Waals surface area contributed by atoms with Crippen molar-refractivity contribution in [3.8, 4) is 0 Å². The molecule has 0 aliphatic carbocycles. The van der Waals surface area contributed by atoms with Gasteiger partial charge in [-0.05, 0) is 12.6 Å². The normalized spacial score (nSPS) is 15.3. The predicted molar refractivity (Wildman–Crippen MR) is 89.6 cm³/mol. The molecule has 1 heterocycles. The third kappa shape index (κ3) is 6.83. The van der Waals surface area contributed by atoms with Crippen molar-refractivity contribution in [3.05, 3.63) is 44.2 Å². The topological polar surface area (TPSA) is 125 Å². The molecular weight excluding hydrogens is 388 g/mol. The van der Waals surface area contributed by atoms with Crippen LogP contribution in [0.15, 0.2) is 27.9 Å². The standard InChI is InChI=1S/C10H12ClN2O7P3/c1-21(16)19-23(18,20-22(2)17)6-4-3-5-13-7-8(11)9(14)12-10(13)15/h3-4,7H,1-2,5-6H2,(H,12,14,15)/b4-3-. The van der Waals surface area contributed by atoms with Crippen LogP contribution in [0.4, 0.5) is 0 Å². The van der Waals surface area contributed by atoms with Gasteiger partial charge in [0.2, 0.25) is 15.3 Å². The summed E-state index contributed by atoms with van der Waals surface area (Å²) >= 11 is 5.59. The molecule has 1 aromatic rings. The molecule has 0 radical (unpaired) electrons. The largest absolute Gasteiger partial charge is 0.354 e. The quantitative estimate of drug-likeness (QED) is 0.524. The van der Waals surface area contributed by atoms with E-state index in [9.17, 15) is 23.3 Å². The molecule has 0 saturated carbocycles. The number of nitrogens with zero attached hydrogens (tertiary/aromatic N) is 1. The first-order valence-corrected chi connectivity index (χ1v) is 10.6. The summed E-state index contributed by atoms with van der Waals surface area (Å²) < 4.78 is 44.3. The van der Waals surface area contributed by atoms with Crippen LogP contribution in [0.25, 0.3) is 0 Å². The Morgan fingerprint density at radius 1 is 1.26 bits per heavy atom. The van der Waals surface area contributed by atoms with Crippen molar-refractivity contribution >= 4 is 47.1 Å². The Morgan fingerprint density at radius 2 is 1.83 bits per heavy atom. The maximum Gasteiger partial charge on any atom is 0.354 e. The molecule has 0 spiro atoms. The van der Waals surface area contributed by atoms with Gasteiger partial charge in [0.25, 0.3) is 5.56 Å². The van der Waals surface area contributed by atoms with E-state index in [1.807, 2.05) is 4.98 Å². The Hall–Kier alpha value is -1.20. The molecule has 0 saturated heterocycles. The zero-order valence-electron chi connectivity index (χ0n) is 11.6. The number of halogens is 1. The third-order valence-electron chi connectivity index (χ3n) is 2.20. The highest BCUT2D eigenvalue weighted by Gasteiger charge is 2.25. The minimum absolute atomic E-state index is 0.00234. The second-order valence-corrected chi connectivity index (χ2v) is 8.61. The Kier molecular flexibility index (Phi) is 7.42. The Bertz CT molecular complexity index is 866. The van der Waals surface area contributed by atoms with Crippen LogP contribution < -0.4 is 11.2 Å². The number of hydrogen-bond acceptors (Lipinski definition) is 7. The molecule has 0 aliphatic heterocycles. The Morgan fingerprint density at radius 3 is 2.35 bits per heavy atom. The molecule has 9 nitrogen and oxygen atoms in total. The number of allylic oxidation sites excluding steroid dienone is 2. The van der Waals surface area contributed by atoms with Crippen molar-refractivity contribution in [3.63, 3.8) is 0 Å². The van der Waals surface area contributed by atoms with Crippen molar-refractivity contribution in [2.24, 2.45) is 0 Å². The smallest absolute Gasteiger partial charge is 0.295 e. The number of aromatic nitrogens is 2. The minimum Gasteiger partial charge on any atom is -0.295 e. The minimum atomic E-state index is -3.93. The first-order valence-electron chi connectivity index (χ1n) is 5.81. The lowest BCUT2D eigenvalue weighted by atomic mass is 10.5. The second kappa shape index (κ2) is 8.60. The van der Waals surface area contributed by atoms with Gasteiger partial charge in [0.15, 0.2) is 0 Å². The Balaban J connectivity index is 2.84. The lowest BCUT2D eigenvalue weighted by Gasteiger charge is -2.09. The average molecular weight is 401 g/mol.